The Hall–Kier alpha value is -2.34. The first-order chi connectivity index (χ1) is 14.6. The fraction of sp³-hybridized carbons (Fsp3) is 0.583. The van der Waals surface area contributed by atoms with Gasteiger partial charge in [0.15, 0.2) is 0 Å². The summed E-state index contributed by atoms with van der Waals surface area (Å²) in [6, 6.07) is 7.92. The van der Waals surface area contributed by atoms with E-state index in [1.165, 1.54) is 55.3 Å². The Morgan fingerprint density at radius 2 is 1.73 bits per heavy atom. The van der Waals surface area contributed by atoms with Gasteiger partial charge in [0.1, 0.15) is 11.6 Å². The van der Waals surface area contributed by atoms with Crippen molar-refractivity contribution in [1.82, 2.24) is 15.3 Å². The van der Waals surface area contributed by atoms with Crippen LogP contribution in [-0.2, 0) is 19.4 Å². The zero-order valence-corrected chi connectivity index (χ0v) is 18.3. The van der Waals surface area contributed by atoms with Crippen LogP contribution >= 0.6 is 0 Å². The predicted molar refractivity (Wildman–Crippen MR) is 122 cm³/mol. The van der Waals surface area contributed by atoms with Crippen molar-refractivity contribution in [3.8, 4) is 5.75 Å². The molecular weight excluding hydrogens is 374 g/mol. The third-order valence-corrected chi connectivity index (χ3v) is 6.46. The Bertz CT molecular complexity index is 828. The van der Waals surface area contributed by atoms with E-state index in [1.807, 2.05) is 12.1 Å². The van der Waals surface area contributed by atoms with Crippen molar-refractivity contribution in [3.63, 3.8) is 0 Å². The van der Waals surface area contributed by atoms with Crippen molar-refractivity contribution in [2.45, 2.75) is 64.0 Å². The van der Waals surface area contributed by atoms with E-state index >= 15 is 0 Å². The minimum absolute atomic E-state index is 0.324. The van der Waals surface area contributed by atoms with Crippen LogP contribution in [0.15, 0.2) is 24.3 Å². The van der Waals surface area contributed by atoms with E-state index in [0.717, 1.165) is 43.6 Å². The summed E-state index contributed by atoms with van der Waals surface area (Å²) in [5, 5.41) is 16.6. The standard InChI is InChI=1S/C24H35N5O/c1-29(2)23-21-5-3-4-6-22(21)27-24(28-23)26-19-11-7-17(8-12-19)15-25-16-18-9-13-20(30)14-10-18/h9-10,13-14,17,19,25,30H,3-8,11-12,15-16H2,1-2H3,(H,26,27,28)/t17-,19+. The number of rotatable bonds is 7. The Kier molecular flexibility index (Phi) is 6.72. The second-order valence-electron chi connectivity index (χ2n) is 9.06. The number of phenolic OH excluding ortho intramolecular Hbond substituents is 1. The number of aromatic nitrogens is 2. The molecule has 6 nitrogen and oxygen atoms in total. The van der Waals surface area contributed by atoms with E-state index in [0.29, 0.717) is 11.8 Å². The molecule has 0 aliphatic heterocycles. The topological polar surface area (TPSA) is 73.3 Å². The second-order valence-corrected chi connectivity index (χ2v) is 9.06. The molecule has 1 saturated carbocycles. The Labute approximate surface area is 180 Å². The minimum atomic E-state index is 0.324. The molecule has 4 rings (SSSR count). The van der Waals surface area contributed by atoms with Crippen LogP contribution in [0.2, 0.25) is 0 Å². The van der Waals surface area contributed by atoms with E-state index < -0.39 is 0 Å². The van der Waals surface area contributed by atoms with Crippen LogP contribution in [0.4, 0.5) is 11.8 Å². The molecule has 0 bridgehead atoms. The maximum Gasteiger partial charge on any atom is 0.225 e. The lowest BCUT2D eigenvalue weighted by molar-refractivity contribution is 0.323. The van der Waals surface area contributed by atoms with E-state index in [9.17, 15) is 5.11 Å². The molecule has 2 aliphatic rings. The Morgan fingerprint density at radius 3 is 2.47 bits per heavy atom. The average molecular weight is 410 g/mol. The number of anilines is 2. The summed E-state index contributed by atoms with van der Waals surface area (Å²) in [5.74, 6) is 2.95. The van der Waals surface area contributed by atoms with Crippen molar-refractivity contribution in [2.75, 3.05) is 30.9 Å². The summed E-state index contributed by atoms with van der Waals surface area (Å²) in [5.41, 5.74) is 3.80. The highest BCUT2D eigenvalue weighted by Crippen LogP contribution is 2.30. The third-order valence-electron chi connectivity index (χ3n) is 6.46. The fourth-order valence-electron chi connectivity index (χ4n) is 4.74. The van der Waals surface area contributed by atoms with Crippen LogP contribution in [0.1, 0.15) is 55.3 Å². The molecule has 1 aromatic carbocycles. The number of nitrogens with zero attached hydrogens (tertiary/aromatic N) is 3. The molecule has 2 aliphatic carbocycles. The monoisotopic (exact) mass is 409 g/mol. The van der Waals surface area contributed by atoms with Gasteiger partial charge in [-0.25, -0.2) is 4.98 Å². The maximum atomic E-state index is 9.38. The lowest BCUT2D eigenvalue weighted by atomic mass is 9.86. The number of hydrogen-bond donors (Lipinski definition) is 3. The lowest BCUT2D eigenvalue weighted by Gasteiger charge is -2.30. The summed E-state index contributed by atoms with van der Waals surface area (Å²) >= 11 is 0. The molecule has 0 radical (unpaired) electrons. The molecule has 0 saturated heterocycles. The molecule has 1 fully saturated rings. The van der Waals surface area contributed by atoms with Gasteiger partial charge >= 0.3 is 0 Å². The molecule has 3 N–H and O–H groups in total. The molecule has 0 atom stereocenters. The van der Waals surface area contributed by atoms with Gasteiger partial charge in [0.05, 0.1) is 5.69 Å². The SMILES string of the molecule is CN(C)c1nc(N[C@H]2CC[C@@H](CNCc3ccc(O)cc3)CC2)nc2c1CCCC2. The Morgan fingerprint density at radius 1 is 1.00 bits per heavy atom. The molecule has 0 unspecified atom stereocenters. The maximum absolute atomic E-state index is 9.38. The molecule has 1 aromatic heterocycles. The Balaban J connectivity index is 1.26. The molecule has 30 heavy (non-hydrogen) atoms. The summed E-state index contributed by atoms with van der Waals surface area (Å²) < 4.78 is 0. The third kappa shape index (κ3) is 5.22. The van der Waals surface area contributed by atoms with Gasteiger partial charge in [-0.15, -0.1) is 0 Å². The van der Waals surface area contributed by atoms with Gasteiger partial charge in [0.2, 0.25) is 5.95 Å². The molecule has 1 heterocycles. The summed E-state index contributed by atoms with van der Waals surface area (Å²) in [6.45, 7) is 1.91. The number of aromatic hydroxyl groups is 1. The van der Waals surface area contributed by atoms with Gasteiger partial charge in [0.25, 0.3) is 0 Å². The van der Waals surface area contributed by atoms with Crippen LogP contribution < -0.4 is 15.5 Å². The van der Waals surface area contributed by atoms with Gasteiger partial charge in [-0.1, -0.05) is 12.1 Å². The normalized spacial score (nSPS) is 21.1. The van der Waals surface area contributed by atoms with Crippen molar-refractivity contribution in [1.29, 1.82) is 0 Å². The second kappa shape index (κ2) is 9.65. The van der Waals surface area contributed by atoms with E-state index in [4.69, 9.17) is 9.97 Å². The lowest BCUT2D eigenvalue weighted by Crippen LogP contribution is -2.32. The number of aryl methyl sites for hydroxylation is 1. The van der Waals surface area contributed by atoms with Crippen LogP contribution in [0, 0.1) is 5.92 Å². The van der Waals surface area contributed by atoms with Crippen molar-refractivity contribution in [2.24, 2.45) is 5.92 Å². The van der Waals surface area contributed by atoms with Gasteiger partial charge in [-0.3, -0.25) is 0 Å². The number of hydrogen-bond acceptors (Lipinski definition) is 6. The quantitative estimate of drug-likeness (QED) is 0.644. The van der Waals surface area contributed by atoms with Crippen LogP contribution in [0.3, 0.4) is 0 Å². The van der Waals surface area contributed by atoms with Crippen LogP contribution in [-0.4, -0.2) is 41.8 Å². The van der Waals surface area contributed by atoms with Gasteiger partial charge in [-0.2, -0.15) is 4.98 Å². The van der Waals surface area contributed by atoms with Crippen molar-refractivity contribution < 1.29 is 5.11 Å². The van der Waals surface area contributed by atoms with Crippen molar-refractivity contribution >= 4 is 11.8 Å². The van der Waals surface area contributed by atoms with Crippen molar-refractivity contribution in [3.05, 3.63) is 41.1 Å². The smallest absolute Gasteiger partial charge is 0.225 e. The van der Waals surface area contributed by atoms with Crippen LogP contribution in [0.5, 0.6) is 5.75 Å². The fourth-order valence-corrected chi connectivity index (χ4v) is 4.74. The zero-order chi connectivity index (χ0) is 20.9. The summed E-state index contributed by atoms with van der Waals surface area (Å²) in [7, 11) is 4.16. The largest absolute Gasteiger partial charge is 0.508 e. The highest BCUT2D eigenvalue weighted by Gasteiger charge is 2.23. The summed E-state index contributed by atoms with van der Waals surface area (Å²) in [6.07, 6.45) is 9.45. The van der Waals surface area contributed by atoms with E-state index in [2.05, 4.69) is 29.6 Å². The van der Waals surface area contributed by atoms with E-state index in [1.54, 1.807) is 12.1 Å². The number of phenols is 1. The number of benzene rings is 1. The van der Waals surface area contributed by atoms with E-state index in [-0.39, 0.29) is 0 Å². The van der Waals surface area contributed by atoms with Gasteiger partial charge < -0.3 is 20.6 Å². The minimum Gasteiger partial charge on any atom is -0.508 e. The van der Waals surface area contributed by atoms with Gasteiger partial charge in [-0.05, 0) is 81.5 Å². The molecule has 6 heteroatoms. The molecule has 0 amide bonds. The highest BCUT2D eigenvalue weighted by atomic mass is 16.3. The first kappa shape index (κ1) is 20.9. The summed E-state index contributed by atoms with van der Waals surface area (Å²) in [4.78, 5) is 11.9. The average Bonchev–Trinajstić information content (AvgIpc) is 2.76. The number of fused-ring (bicyclic) bond motifs is 1. The molecular formula is C24H35N5O. The highest BCUT2D eigenvalue weighted by molar-refractivity contribution is 5.52. The van der Waals surface area contributed by atoms with Gasteiger partial charge in [0, 0.05) is 32.2 Å². The predicted octanol–water partition coefficient (Wildman–Crippen LogP) is 3.89. The first-order valence-electron chi connectivity index (χ1n) is 11.4. The van der Waals surface area contributed by atoms with Crippen LogP contribution in [0.25, 0.3) is 0 Å². The number of nitrogens with one attached hydrogen (secondary N) is 2. The zero-order valence-electron chi connectivity index (χ0n) is 18.3. The first-order valence-corrected chi connectivity index (χ1v) is 11.4. The molecule has 2 aromatic rings. The molecule has 0 spiro atoms. The molecule has 162 valence electrons.